The highest BCUT2D eigenvalue weighted by Crippen LogP contribution is 2.36. The molecule has 1 aliphatic heterocycles. The van der Waals surface area contributed by atoms with E-state index in [1.165, 1.54) is 18.9 Å². The number of aromatic hydroxyl groups is 1. The molecule has 0 aromatic heterocycles. The largest absolute Gasteiger partial charge is 0.508 e. The first kappa shape index (κ1) is 12.0. The van der Waals surface area contributed by atoms with Gasteiger partial charge in [-0.15, -0.1) is 0 Å². The molecule has 0 amide bonds. The summed E-state index contributed by atoms with van der Waals surface area (Å²) in [4.78, 5) is 0. The first-order valence-corrected chi connectivity index (χ1v) is 6.32. The molecule has 16 heavy (non-hydrogen) atoms. The molecule has 1 aromatic carbocycles. The second-order valence-corrected chi connectivity index (χ2v) is 5.04. The molecule has 1 atom stereocenters. The summed E-state index contributed by atoms with van der Waals surface area (Å²) >= 11 is 11.8. The fourth-order valence-corrected chi connectivity index (χ4v) is 2.49. The number of nitrogens with one attached hydrogen (secondary N) is 1. The Bertz CT molecular complexity index is 374. The average molecular weight is 260 g/mol. The molecule has 1 unspecified atom stereocenters. The lowest BCUT2D eigenvalue weighted by Gasteiger charge is -2.16. The number of hydrogen-bond donors (Lipinski definition) is 2. The third-order valence-electron chi connectivity index (χ3n) is 3.06. The van der Waals surface area contributed by atoms with Crippen molar-refractivity contribution >= 4 is 23.2 Å². The van der Waals surface area contributed by atoms with Gasteiger partial charge in [-0.25, -0.2) is 0 Å². The third-order valence-corrected chi connectivity index (χ3v) is 3.78. The number of halogens is 2. The van der Waals surface area contributed by atoms with Crippen molar-refractivity contribution in [2.24, 2.45) is 0 Å². The molecule has 2 rings (SSSR count). The lowest BCUT2D eigenvalue weighted by molar-refractivity contribution is 0.456. The Kier molecular flexibility index (Phi) is 3.95. The molecule has 2 N–H and O–H groups in total. The molecule has 1 aromatic rings. The predicted octanol–water partition coefficient (Wildman–Crippen LogP) is 3.56. The highest BCUT2D eigenvalue weighted by atomic mass is 35.5. The van der Waals surface area contributed by atoms with Gasteiger partial charge in [-0.2, -0.15) is 0 Å². The Balaban J connectivity index is 2.27. The average Bonchev–Trinajstić information content (AvgIpc) is 2.52. The Labute approximate surface area is 106 Å². The van der Waals surface area contributed by atoms with Crippen molar-refractivity contribution in [1.29, 1.82) is 0 Å². The molecule has 0 radical (unpaired) electrons. The van der Waals surface area contributed by atoms with Gasteiger partial charge in [0, 0.05) is 18.5 Å². The van der Waals surface area contributed by atoms with Crippen LogP contribution in [0.4, 0.5) is 0 Å². The van der Waals surface area contributed by atoms with Crippen molar-refractivity contribution in [3.8, 4) is 5.75 Å². The first-order valence-electron chi connectivity index (χ1n) is 5.57. The van der Waals surface area contributed by atoms with E-state index in [-0.39, 0.29) is 5.75 Å². The van der Waals surface area contributed by atoms with Crippen molar-refractivity contribution in [3.63, 3.8) is 0 Å². The first-order chi connectivity index (χ1) is 7.68. The summed E-state index contributed by atoms with van der Waals surface area (Å²) in [5, 5.41) is 14.2. The molecule has 0 aliphatic carbocycles. The number of benzene rings is 1. The molecular weight excluding hydrogens is 245 g/mol. The standard InChI is InChI=1S/C12H15Cl2NO/c13-10-5-9(12(16)6-11(10)14)8-3-1-2-4-15-7-8/h5-6,8,15-16H,1-4,7H2. The van der Waals surface area contributed by atoms with E-state index in [2.05, 4.69) is 5.32 Å². The Morgan fingerprint density at radius 3 is 2.75 bits per heavy atom. The van der Waals surface area contributed by atoms with Crippen LogP contribution in [0.5, 0.6) is 5.75 Å². The summed E-state index contributed by atoms with van der Waals surface area (Å²) in [6.45, 7) is 1.95. The summed E-state index contributed by atoms with van der Waals surface area (Å²) in [6, 6.07) is 3.32. The second kappa shape index (κ2) is 5.26. The van der Waals surface area contributed by atoms with E-state index in [0.717, 1.165) is 25.1 Å². The van der Waals surface area contributed by atoms with E-state index in [4.69, 9.17) is 23.2 Å². The molecular formula is C12H15Cl2NO. The molecule has 1 fully saturated rings. The Hall–Kier alpha value is -0.440. The van der Waals surface area contributed by atoms with Gasteiger partial charge in [0.25, 0.3) is 0 Å². The van der Waals surface area contributed by atoms with Crippen LogP contribution in [-0.4, -0.2) is 18.2 Å². The van der Waals surface area contributed by atoms with Gasteiger partial charge in [-0.1, -0.05) is 29.6 Å². The molecule has 0 spiro atoms. The predicted molar refractivity (Wildman–Crippen MR) is 67.6 cm³/mol. The molecule has 4 heteroatoms. The number of phenolic OH excluding ortho intramolecular Hbond substituents is 1. The maximum absolute atomic E-state index is 9.89. The fraction of sp³-hybridized carbons (Fsp3) is 0.500. The van der Waals surface area contributed by atoms with Crippen LogP contribution in [0.2, 0.25) is 10.0 Å². The van der Waals surface area contributed by atoms with Crippen molar-refractivity contribution in [1.82, 2.24) is 5.32 Å². The summed E-state index contributed by atoms with van der Waals surface area (Å²) in [5.41, 5.74) is 0.906. The maximum Gasteiger partial charge on any atom is 0.120 e. The van der Waals surface area contributed by atoms with Crippen LogP contribution in [-0.2, 0) is 0 Å². The Morgan fingerprint density at radius 1 is 1.19 bits per heavy atom. The maximum atomic E-state index is 9.89. The topological polar surface area (TPSA) is 32.3 Å². The third kappa shape index (κ3) is 2.62. The zero-order valence-electron chi connectivity index (χ0n) is 8.97. The number of rotatable bonds is 1. The van der Waals surface area contributed by atoms with Crippen molar-refractivity contribution in [3.05, 3.63) is 27.7 Å². The van der Waals surface area contributed by atoms with E-state index in [1.807, 2.05) is 0 Å². The van der Waals surface area contributed by atoms with E-state index in [0.29, 0.717) is 16.0 Å². The van der Waals surface area contributed by atoms with Crippen LogP contribution in [0.1, 0.15) is 30.7 Å². The number of hydrogen-bond acceptors (Lipinski definition) is 2. The molecule has 0 bridgehead atoms. The van der Waals surface area contributed by atoms with Gasteiger partial charge in [0.15, 0.2) is 0 Å². The van der Waals surface area contributed by atoms with Crippen LogP contribution in [0, 0.1) is 0 Å². The van der Waals surface area contributed by atoms with Gasteiger partial charge < -0.3 is 10.4 Å². The van der Waals surface area contributed by atoms with Crippen molar-refractivity contribution in [2.45, 2.75) is 25.2 Å². The molecule has 88 valence electrons. The van der Waals surface area contributed by atoms with Gasteiger partial charge in [-0.05, 0) is 31.0 Å². The zero-order valence-corrected chi connectivity index (χ0v) is 10.5. The van der Waals surface area contributed by atoms with Crippen LogP contribution >= 0.6 is 23.2 Å². The molecule has 0 saturated carbocycles. The zero-order chi connectivity index (χ0) is 11.5. The minimum Gasteiger partial charge on any atom is -0.508 e. The summed E-state index contributed by atoms with van der Waals surface area (Å²) in [6.07, 6.45) is 3.45. The quantitative estimate of drug-likeness (QED) is 0.809. The Morgan fingerprint density at radius 2 is 1.94 bits per heavy atom. The van der Waals surface area contributed by atoms with Crippen LogP contribution < -0.4 is 5.32 Å². The summed E-state index contributed by atoms with van der Waals surface area (Å²) in [7, 11) is 0. The van der Waals surface area contributed by atoms with Crippen LogP contribution in [0.15, 0.2) is 12.1 Å². The monoisotopic (exact) mass is 259 g/mol. The minimum atomic E-state index is 0.253. The van der Waals surface area contributed by atoms with Gasteiger partial charge >= 0.3 is 0 Å². The van der Waals surface area contributed by atoms with Gasteiger partial charge in [-0.3, -0.25) is 0 Å². The van der Waals surface area contributed by atoms with Gasteiger partial charge in [0.05, 0.1) is 10.0 Å². The van der Waals surface area contributed by atoms with E-state index >= 15 is 0 Å². The van der Waals surface area contributed by atoms with E-state index in [1.54, 1.807) is 6.07 Å². The number of phenols is 1. The van der Waals surface area contributed by atoms with Gasteiger partial charge in [0.2, 0.25) is 0 Å². The van der Waals surface area contributed by atoms with Crippen LogP contribution in [0.3, 0.4) is 0 Å². The lowest BCUT2D eigenvalue weighted by atomic mass is 9.94. The highest BCUT2D eigenvalue weighted by molar-refractivity contribution is 6.42. The normalized spacial score (nSPS) is 21.8. The highest BCUT2D eigenvalue weighted by Gasteiger charge is 2.18. The minimum absolute atomic E-state index is 0.253. The lowest BCUT2D eigenvalue weighted by Crippen LogP contribution is -2.19. The molecule has 1 aliphatic rings. The summed E-state index contributed by atoms with van der Waals surface area (Å²) in [5.74, 6) is 0.584. The van der Waals surface area contributed by atoms with Gasteiger partial charge in [0.1, 0.15) is 5.75 Å². The second-order valence-electron chi connectivity index (χ2n) is 4.22. The van der Waals surface area contributed by atoms with E-state index < -0.39 is 0 Å². The smallest absolute Gasteiger partial charge is 0.120 e. The SMILES string of the molecule is Oc1cc(Cl)c(Cl)cc1C1CCCCNC1. The fourth-order valence-electron chi connectivity index (χ4n) is 2.16. The van der Waals surface area contributed by atoms with E-state index in [9.17, 15) is 5.11 Å². The van der Waals surface area contributed by atoms with Crippen molar-refractivity contribution < 1.29 is 5.11 Å². The molecule has 1 saturated heterocycles. The molecule has 2 nitrogen and oxygen atoms in total. The van der Waals surface area contributed by atoms with Crippen LogP contribution in [0.25, 0.3) is 0 Å². The van der Waals surface area contributed by atoms with Crippen molar-refractivity contribution in [2.75, 3.05) is 13.1 Å². The molecule has 1 heterocycles. The summed E-state index contributed by atoms with van der Waals surface area (Å²) < 4.78 is 0.